The quantitative estimate of drug-likeness (QED) is 0.642. The molecule has 1 aliphatic carbocycles. The zero-order valence-corrected chi connectivity index (χ0v) is 10.2. The first kappa shape index (κ1) is 13.8. The van der Waals surface area contributed by atoms with Gasteiger partial charge < -0.3 is 20.5 Å². The summed E-state index contributed by atoms with van der Waals surface area (Å²) in [4.78, 5) is 22.2. The molecular weight excluding hydrogens is 224 g/mol. The lowest BCUT2D eigenvalue weighted by Crippen LogP contribution is -2.53. The highest BCUT2D eigenvalue weighted by Gasteiger charge is 2.31. The SMILES string of the molecule is CCOC1CC(NC(=O)NC(CC)C(=O)O)C1. The molecule has 2 amide bonds. The predicted molar refractivity (Wildman–Crippen MR) is 61.8 cm³/mol. The zero-order valence-electron chi connectivity index (χ0n) is 10.2. The molecule has 98 valence electrons. The first-order valence-electron chi connectivity index (χ1n) is 5.98. The fourth-order valence-corrected chi connectivity index (χ4v) is 1.78. The molecule has 0 spiro atoms. The standard InChI is InChI=1S/C11H20N2O4/c1-3-9(10(14)15)13-11(16)12-7-5-8(6-7)17-4-2/h7-9H,3-6H2,1-2H3,(H,14,15)(H2,12,13,16). The smallest absolute Gasteiger partial charge is 0.326 e. The van der Waals surface area contributed by atoms with Gasteiger partial charge in [-0.3, -0.25) is 0 Å². The van der Waals surface area contributed by atoms with Gasteiger partial charge in [0.25, 0.3) is 0 Å². The van der Waals surface area contributed by atoms with Gasteiger partial charge in [0.2, 0.25) is 0 Å². The Hall–Kier alpha value is -1.30. The minimum absolute atomic E-state index is 0.0952. The van der Waals surface area contributed by atoms with E-state index in [4.69, 9.17) is 9.84 Å². The summed E-state index contributed by atoms with van der Waals surface area (Å²) in [6.07, 6.45) is 2.19. The van der Waals surface area contributed by atoms with Crippen molar-refractivity contribution in [2.24, 2.45) is 0 Å². The first-order chi connectivity index (χ1) is 8.06. The van der Waals surface area contributed by atoms with Crippen LogP contribution in [0.3, 0.4) is 0 Å². The van der Waals surface area contributed by atoms with Crippen LogP contribution in [0.2, 0.25) is 0 Å². The Kier molecular flexibility index (Phi) is 5.21. The number of nitrogens with one attached hydrogen (secondary N) is 2. The third-order valence-corrected chi connectivity index (χ3v) is 2.84. The number of rotatable bonds is 6. The van der Waals surface area contributed by atoms with Gasteiger partial charge in [-0.15, -0.1) is 0 Å². The zero-order chi connectivity index (χ0) is 12.8. The molecule has 3 N–H and O–H groups in total. The van der Waals surface area contributed by atoms with Crippen molar-refractivity contribution in [1.82, 2.24) is 10.6 Å². The lowest BCUT2D eigenvalue weighted by molar-refractivity contribution is -0.139. The third kappa shape index (κ3) is 4.22. The molecule has 6 nitrogen and oxygen atoms in total. The van der Waals surface area contributed by atoms with E-state index in [-0.39, 0.29) is 12.1 Å². The van der Waals surface area contributed by atoms with Gasteiger partial charge in [0.05, 0.1) is 6.10 Å². The normalized spacial score (nSPS) is 24.6. The first-order valence-corrected chi connectivity index (χ1v) is 5.98. The number of carboxylic acid groups (broad SMARTS) is 1. The van der Waals surface area contributed by atoms with Crippen LogP contribution in [0.15, 0.2) is 0 Å². The molecule has 0 aromatic rings. The number of hydrogen-bond donors (Lipinski definition) is 3. The summed E-state index contributed by atoms with van der Waals surface area (Å²) in [5.41, 5.74) is 0. The number of hydrogen-bond acceptors (Lipinski definition) is 3. The number of carbonyl (C=O) groups excluding carboxylic acids is 1. The average Bonchev–Trinajstić information content (AvgIpc) is 2.22. The number of carbonyl (C=O) groups is 2. The number of carboxylic acids is 1. The number of amides is 2. The second-order valence-electron chi connectivity index (χ2n) is 4.16. The second kappa shape index (κ2) is 6.44. The van der Waals surface area contributed by atoms with E-state index < -0.39 is 18.0 Å². The topological polar surface area (TPSA) is 87.7 Å². The maximum Gasteiger partial charge on any atom is 0.326 e. The monoisotopic (exact) mass is 244 g/mol. The van der Waals surface area contributed by atoms with Gasteiger partial charge in [-0.1, -0.05) is 6.92 Å². The van der Waals surface area contributed by atoms with Gasteiger partial charge in [-0.05, 0) is 26.2 Å². The van der Waals surface area contributed by atoms with Crippen molar-refractivity contribution in [1.29, 1.82) is 0 Å². The van der Waals surface area contributed by atoms with E-state index in [0.29, 0.717) is 13.0 Å². The summed E-state index contributed by atoms with van der Waals surface area (Å²) in [5, 5.41) is 13.9. The third-order valence-electron chi connectivity index (χ3n) is 2.84. The number of urea groups is 1. The van der Waals surface area contributed by atoms with Crippen LogP contribution in [0.25, 0.3) is 0 Å². The average molecular weight is 244 g/mol. The molecule has 1 aliphatic rings. The van der Waals surface area contributed by atoms with E-state index in [0.717, 1.165) is 12.8 Å². The Bertz CT molecular complexity index is 277. The molecule has 0 saturated heterocycles. The van der Waals surface area contributed by atoms with Crippen molar-refractivity contribution in [3.8, 4) is 0 Å². The van der Waals surface area contributed by atoms with Crippen LogP contribution < -0.4 is 10.6 Å². The molecule has 1 rings (SSSR count). The summed E-state index contributed by atoms with van der Waals surface area (Å²) >= 11 is 0. The lowest BCUT2D eigenvalue weighted by atomic mass is 9.89. The second-order valence-corrected chi connectivity index (χ2v) is 4.16. The molecule has 0 aromatic carbocycles. The van der Waals surface area contributed by atoms with E-state index in [1.54, 1.807) is 6.92 Å². The maximum atomic E-state index is 11.5. The van der Waals surface area contributed by atoms with Crippen molar-refractivity contribution in [3.63, 3.8) is 0 Å². The van der Waals surface area contributed by atoms with E-state index >= 15 is 0 Å². The van der Waals surface area contributed by atoms with Crippen molar-refractivity contribution >= 4 is 12.0 Å². The molecule has 1 fully saturated rings. The predicted octanol–water partition coefficient (Wildman–Crippen LogP) is 0.716. The van der Waals surface area contributed by atoms with Crippen LogP contribution in [0.1, 0.15) is 33.1 Å². The summed E-state index contributed by atoms with van der Waals surface area (Å²) in [6, 6.07) is -1.14. The lowest BCUT2D eigenvalue weighted by Gasteiger charge is -2.35. The highest BCUT2D eigenvalue weighted by molar-refractivity contribution is 5.82. The van der Waals surface area contributed by atoms with Crippen LogP contribution in [-0.2, 0) is 9.53 Å². The van der Waals surface area contributed by atoms with E-state index in [1.807, 2.05) is 6.92 Å². The highest BCUT2D eigenvalue weighted by atomic mass is 16.5. The Balaban J connectivity index is 2.20. The van der Waals surface area contributed by atoms with Crippen molar-refractivity contribution < 1.29 is 19.4 Å². The summed E-state index contributed by atoms with van der Waals surface area (Å²) in [7, 11) is 0. The molecule has 0 aromatic heterocycles. The van der Waals surface area contributed by atoms with E-state index in [2.05, 4.69) is 10.6 Å². The number of aliphatic carboxylic acids is 1. The minimum Gasteiger partial charge on any atom is -0.480 e. The molecule has 0 radical (unpaired) electrons. The summed E-state index contributed by atoms with van der Waals surface area (Å²) < 4.78 is 5.36. The van der Waals surface area contributed by atoms with Gasteiger partial charge in [0.15, 0.2) is 0 Å². The highest BCUT2D eigenvalue weighted by Crippen LogP contribution is 2.22. The van der Waals surface area contributed by atoms with Crippen molar-refractivity contribution in [2.75, 3.05) is 6.61 Å². The molecule has 17 heavy (non-hydrogen) atoms. The molecule has 1 atom stereocenters. The largest absolute Gasteiger partial charge is 0.480 e. The minimum atomic E-state index is -1.01. The van der Waals surface area contributed by atoms with Crippen LogP contribution in [0, 0.1) is 0 Å². The van der Waals surface area contributed by atoms with Gasteiger partial charge in [-0.2, -0.15) is 0 Å². The Labute approximate surface area is 101 Å². The van der Waals surface area contributed by atoms with Gasteiger partial charge >= 0.3 is 12.0 Å². The molecule has 1 saturated carbocycles. The van der Waals surface area contributed by atoms with E-state index in [9.17, 15) is 9.59 Å². The molecule has 1 unspecified atom stereocenters. The van der Waals surface area contributed by atoms with E-state index in [1.165, 1.54) is 0 Å². The van der Waals surface area contributed by atoms with Crippen LogP contribution in [-0.4, -0.2) is 41.9 Å². The fourth-order valence-electron chi connectivity index (χ4n) is 1.78. The summed E-state index contributed by atoms with van der Waals surface area (Å²) in [6.45, 7) is 4.33. The molecule has 6 heteroatoms. The van der Waals surface area contributed by atoms with Crippen molar-refractivity contribution in [2.45, 2.75) is 51.3 Å². The van der Waals surface area contributed by atoms with Crippen LogP contribution >= 0.6 is 0 Å². The maximum absolute atomic E-state index is 11.5. The Morgan fingerprint density at radius 2 is 2.06 bits per heavy atom. The fraction of sp³-hybridized carbons (Fsp3) is 0.818. The van der Waals surface area contributed by atoms with Gasteiger partial charge in [-0.25, -0.2) is 9.59 Å². The molecule has 0 aliphatic heterocycles. The van der Waals surface area contributed by atoms with Crippen molar-refractivity contribution in [3.05, 3.63) is 0 Å². The van der Waals surface area contributed by atoms with Crippen LogP contribution in [0.4, 0.5) is 4.79 Å². The van der Waals surface area contributed by atoms with Gasteiger partial charge in [0, 0.05) is 12.6 Å². The van der Waals surface area contributed by atoms with Crippen LogP contribution in [0.5, 0.6) is 0 Å². The molecule has 0 bridgehead atoms. The Morgan fingerprint density at radius 1 is 1.41 bits per heavy atom. The molecule has 0 heterocycles. The Morgan fingerprint density at radius 3 is 2.53 bits per heavy atom. The van der Waals surface area contributed by atoms with Gasteiger partial charge in [0.1, 0.15) is 6.04 Å². The summed E-state index contributed by atoms with van der Waals surface area (Å²) in [5.74, 6) is -1.01. The number of ether oxygens (including phenoxy) is 1. The molecular formula is C11H20N2O4.